The van der Waals surface area contributed by atoms with Gasteiger partial charge >= 0.3 is 6.18 Å². The van der Waals surface area contributed by atoms with E-state index in [2.05, 4.69) is 0 Å². The van der Waals surface area contributed by atoms with Crippen molar-refractivity contribution in [3.8, 4) is 0 Å². The number of nitrogens with zero attached hydrogens (tertiary/aromatic N) is 1. The molecule has 0 atom stereocenters. The predicted octanol–water partition coefficient (Wildman–Crippen LogP) is 5.87. The molecule has 1 aliphatic carbocycles. The van der Waals surface area contributed by atoms with E-state index in [9.17, 15) is 21.6 Å². The molecule has 0 aliphatic heterocycles. The van der Waals surface area contributed by atoms with Gasteiger partial charge in [-0.05, 0) is 36.5 Å². The van der Waals surface area contributed by atoms with E-state index in [0.29, 0.717) is 12.3 Å². The summed E-state index contributed by atoms with van der Waals surface area (Å²) in [5, 5.41) is 0. The van der Waals surface area contributed by atoms with E-state index in [1.165, 1.54) is 29.3 Å². The smallest absolute Gasteiger partial charge is 0.207 e. The van der Waals surface area contributed by atoms with Crippen LogP contribution in [0.15, 0.2) is 59.5 Å². The molecule has 0 amide bonds. The molecule has 0 spiro atoms. The van der Waals surface area contributed by atoms with Gasteiger partial charge in [-0.25, -0.2) is 8.42 Å². The number of hydrogen-bond acceptors (Lipinski definition) is 2. The fourth-order valence-corrected chi connectivity index (χ4v) is 5.67. The van der Waals surface area contributed by atoms with Crippen molar-refractivity contribution in [2.75, 3.05) is 6.54 Å². The maximum absolute atomic E-state index is 13.4. The summed E-state index contributed by atoms with van der Waals surface area (Å²) in [7, 11) is -4.30. The molecule has 158 valence electrons. The van der Waals surface area contributed by atoms with Crippen LogP contribution in [0.4, 0.5) is 13.2 Å². The zero-order valence-corrected chi connectivity index (χ0v) is 17.1. The molecular weight excluding hydrogens is 399 g/mol. The van der Waals surface area contributed by atoms with Gasteiger partial charge < -0.3 is 0 Å². The molecule has 3 nitrogen and oxygen atoms in total. The lowest BCUT2D eigenvalue weighted by Crippen LogP contribution is -2.33. The van der Waals surface area contributed by atoms with Crippen molar-refractivity contribution in [1.29, 1.82) is 0 Å². The molecule has 2 aromatic carbocycles. The number of alkyl halides is 3. The Bertz CT molecular complexity index is 892. The summed E-state index contributed by atoms with van der Waals surface area (Å²) in [6.45, 7) is 0.264. The lowest BCUT2D eigenvalue weighted by Gasteiger charge is -2.25. The first-order valence-corrected chi connectivity index (χ1v) is 11.4. The third-order valence-electron chi connectivity index (χ3n) is 5.51. The lowest BCUT2D eigenvalue weighted by atomic mass is 10.0. The van der Waals surface area contributed by atoms with Gasteiger partial charge in [0.05, 0.1) is 10.5 Å². The lowest BCUT2D eigenvalue weighted by molar-refractivity contribution is -0.139. The van der Waals surface area contributed by atoms with Crippen molar-refractivity contribution >= 4 is 10.0 Å². The summed E-state index contributed by atoms with van der Waals surface area (Å²) < 4.78 is 68.0. The Kier molecular flexibility index (Phi) is 7.01. The minimum absolute atomic E-state index is 0.0556. The fourth-order valence-electron chi connectivity index (χ4n) is 3.99. The third kappa shape index (κ3) is 5.60. The standard InChI is InChI=1S/C22H26F3NO2S/c23-22(24,25)20-14-6-7-15-21(20)29(27,28)26(17-19-11-2-1-3-12-19)16-8-13-18-9-4-5-10-18/h1-3,6-7,11-12,14-15,18H,4-5,8-10,13,16-17H2. The van der Waals surface area contributed by atoms with Crippen LogP contribution in [0, 0.1) is 5.92 Å². The number of rotatable bonds is 8. The molecule has 1 saturated carbocycles. The average Bonchev–Trinajstić information content (AvgIpc) is 3.21. The first kappa shape index (κ1) is 21.8. The van der Waals surface area contributed by atoms with E-state index in [1.54, 1.807) is 24.3 Å². The Labute approximate surface area is 170 Å². The first-order valence-electron chi connectivity index (χ1n) is 9.99. The SMILES string of the molecule is O=S(=O)(c1ccccc1C(F)(F)F)N(CCCC1CCCC1)Cc1ccccc1. The molecule has 1 fully saturated rings. The van der Waals surface area contributed by atoms with E-state index in [-0.39, 0.29) is 13.1 Å². The second-order valence-electron chi connectivity index (χ2n) is 7.61. The second-order valence-corrected chi connectivity index (χ2v) is 9.52. The second kappa shape index (κ2) is 9.30. The first-order chi connectivity index (χ1) is 13.8. The molecular formula is C22H26F3NO2S. The van der Waals surface area contributed by atoms with Gasteiger partial charge in [-0.15, -0.1) is 0 Å². The van der Waals surface area contributed by atoms with Gasteiger partial charge in [-0.1, -0.05) is 68.1 Å². The van der Waals surface area contributed by atoms with E-state index in [4.69, 9.17) is 0 Å². The van der Waals surface area contributed by atoms with Gasteiger partial charge in [-0.3, -0.25) is 0 Å². The molecule has 0 radical (unpaired) electrons. The quantitative estimate of drug-likeness (QED) is 0.531. The maximum Gasteiger partial charge on any atom is 0.417 e. The number of halogens is 3. The van der Waals surface area contributed by atoms with E-state index >= 15 is 0 Å². The Morgan fingerprint density at radius 2 is 1.55 bits per heavy atom. The van der Waals surface area contributed by atoms with Gasteiger partial charge in [0.15, 0.2) is 0 Å². The highest BCUT2D eigenvalue weighted by molar-refractivity contribution is 7.89. The van der Waals surface area contributed by atoms with Crippen LogP contribution in [0.5, 0.6) is 0 Å². The molecule has 3 rings (SSSR count). The number of sulfonamides is 1. The molecule has 1 aliphatic rings. The fraction of sp³-hybridized carbons (Fsp3) is 0.455. The zero-order chi connectivity index (χ0) is 20.9. The summed E-state index contributed by atoms with van der Waals surface area (Å²) in [5.74, 6) is 0.596. The highest BCUT2D eigenvalue weighted by Crippen LogP contribution is 2.36. The monoisotopic (exact) mass is 425 g/mol. The molecule has 0 N–H and O–H groups in total. The normalized spacial score (nSPS) is 15.9. The Morgan fingerprint density at radius 1 is 0.931 bits per heavy atom. The highest BCUT2D eigenvalue weighted by Gasteiger charge is 2.38. The van der Waals surface area contributed by atoms with Crippen molar-refractivity contribution in [2.24, 2.45) is 5.92 Å². The third-order valence-corrected chi connectivity index (χ3v) is 7.41. The van der Waals surface area contributed by atoms with Crippen LogP contribution in [-0.2, 0) is 22.7 Å². The van der Waals surface area contributed by atoms with Crippen molar-refractivity contribution in [3.05, 3.63) is 65.7 Å². The summed E-state index contributed by atoms with van der Waals surface area (Å²) >= 11 is 0. The Morgan fingerprint density at radius 3 is 2.21 bits per heavy atom. The zero-order valence-electron chi connectivity index (χ0n) is 16.2. The molecule has 0 bridgehead atoms. The van der Waals surface area contributed by atoms with Crippen LogP contribution in [0.2, 0.25) is 0 Å². The molecule has 0 heterocycles. The molecule has 7 heteroatoms. The molecule has 0 aromatic heterocycles. The van der Waals surface area contributed by atoms with Crippen LogP contribution in [-0.4, -0.2) is 19.3 Å². The van der Waals surface area contributed by atoms with Gasteiger partial charge in [-0.2, -0.15) is 17.5 Å². The van der Waals surface area contributed by atoms with Crippen molar-refractivity contribution < 1.29 is 21.6 Å². The molecule has 29 heavy (non-hydrogen) atoms. The van der Waals surface area contributed by atoms with Crippen LogP contribution in [0.3, 0.4) is 0 Å². The van der Waals surface area contributed by atoms with Crippen LogP contribution in [0.1, 0.15) is 49.7 Å². The van der Waals surface area contributed by atoms with Crippen molar-refractivity contribution in [2.45, 2.75) is 56.1 Å². The highest BCUT2D eigenvalue weighted by atomic mass is 32.2. The summed E-state index contributed by atoms with van der Waals surface area (Å²) in [6.07, 6.45) is 1.54. The van der Waals surface area contributed by atoms with E-state index in [0.717, 1.165) is 37.0 Å². The Hall–Kier alpha value is -1.86. The minimum Gasteiger partial charge on any atom is -0.207 e. The predicted molar refractivity (Wildman–Crippen MR) is 107 cm³/mol. The van der Waals surface area contributed by atoms with E-state index < -0.39 is 26.7 Å². The topological polar surface area (TPSA) is 37.4 Å². The van der Waals surface area contributed by atoms with Crippen LogP contribution < -0.4 is 0 Å². The van der Waals surface area contributed by atoms with Crippen molar-refractivity contribution in [3.63, 3.8) is 0 Å². The van der Waals surface area contributed by atoms with Gasteiger partial charge in [0.2, 0.25) is 10.0 Å². The largest absolute Gasteiger partial charge is 0.417 e. The summed E-state index contributed by atoms with van der Waals surface area (Å²) in [5.41, 5.74) is -0.365. The van der Waals surface area contributed by atoms with Crippen LogP contribution in [0.25, 0.3) is 0 Å². The molecule has 2 aromatic rings. The summed E-state index contributed by atoms with van der Waals surface area (Å²) in [4.78, 5) is -0.677. The van der Waals surface area contributed by atoms with Gasteiger partial charge in [0.25, 0.3) is 0 Å². The number of hydrogen-bond donors (Lipinski definition) is 0. The average molecular weight is 426 g/mol. The Balaban J connectivity index is 1.87. The van der Waals surface area contributed by atoms with Gasteiger partial charge in [0.1, 0.15) is 0 Å². The minimum atomic E-state index is -4.73. The maximum atomic E-state index is 13.4. The van der Waals surface area contributed by atoms with Gasteiger partial charge in [0, 0.05) is 13.1 Å². The van der Waals surface area contributed by atoms with Crippen LogP contribution >= 0.6 is 0 Å². The molecule has 0 saturated heterocycles. The van der Waals surface area contributed by atoms with E-state index in [1.807, 2.05) is 6.07 Å². The molecule has 0 unspecified atom stereocenters. The number of benzene rings is 2. The van der Waals surface area contributed by atoms with Crippen molar-refractivity contribution in [1.82, 2.24) is 4.31 Å². The summed E-state index contributed by atoms with van der Waals surface area (Å²) in [6, 6.07) is 13.4.